The summed E-state index contributed by atoms with van der Waals surface area (Å²) in [4.78, 5) is 42.7. The van der Waals surface area contributed by atoms with Gasteiger partial charge in [-0.05, 0) is 80.1 Å². The second kappa shape index (κ2) is 30.3. The minimum absolute atomic E-state index is 0.0371. The van der Waals surface area contributed by atoms with Gasteiger partial charge in [0.25, 0.3) is 11.8 Å². The van der Waals surface area contributed by atoms with E-state index in [1.54, 1.807) is 44.4 Å². The van der Waals surface area contributed by atoms with Crippen molar-refractivity contribution in [3.63, 3.8) is 0 Å². The van der Waals surface area contributed by atoms with E-state index in [0.717, 1.165) is 0 Å². The highest BCUT2D eigenvalue weighted by molar-refractivity contribution is 7.86. The molecule has 1 atom stereocenters. The number of fused-ring (bicyclic) bond motifs is 2. The number of hydrogen-bond acceptors (Lipinski definition) is 21. The smallest absolute Gasteiger partial charge is 0.333 e. The van der Waals surface area contributed by atoms with Crippen LogP contribution in [0.5, 0.6) is 0 Å². The summed E-state index contributed by atoms with van der Waals surface area (Å²) in [5.41, 5.74) is 1.87. The van der Waals surface area contributed by atoms with Gasteiger partial charge in [-0.1, -0.05) is 18.6 Å². The molecule has 1 saturated heterocycles. The topological polar surface area (TPSA) is 310 Å². The molecule has 3 heterocycles. The molecule has 23 nitrogen and oxygen atoms in total. The molecule has 5 rings (SSSR count). The summed E-state index contributed by atoms with van der Waals surface area (Å²) < 4.78 is 147. The molecule has 26 heteroatoms. The molecule has 1 aliphatic carbocycles. The third kappa shape index (κ3) is 20.1. The Morgan fingerprint density at radius 3 is 1.93 bits per heavy atom. The van der Waals surface area contributed by atoms with Gasteiger partial charge >= 0.3 is 5.97 Å². The predicted octanol–water partition coefficient (Wildman–Crippen LogP) is 2.89. The summed E-state index contributed by atoms with van der Waals surface area (Å²) in [6.07, 6.45) is 8.02. The third-order valence-electron chi connectivity index (χ3n) is 12.4. The Morgan fingerprint density at radius 2 is 1.33 bits per heavy atom. The van der Waals surface area contributed by atoms with Gasteiger partial charge in [0, 0.05) is 79.3 Å². The maximum Gasteiger partial charge on any atom is 0.333 e. The quantitative estimate of drug-likeness (QED) is 0.0350. The number of methoxy groups -OCH3 is 1. The first-order valence-corrected chi connectivity index (χ1v) is 29.4. The van der Waals surface area contributed by atoms with Crippen molar-refractivity contribution in [1.29, 1.82) is 0 Å². The first-order valence-electron chi connectivity index (χ1n) is 24.9. The van der Waals surface area contributed by atoms with Crippen molar-refractivity contribution in [2.45, 2.75) is 75.0 Å². The molecule has 1 aromatic carbocycles. The Kier molecular flexibility index (Phi) is 24.6. The summed E-state index contributed by atoms with van der Waals surface area (Å²) >= 11 is 0. The molecule has 3 aliphatic heterocycles. The van der Waals surface area contributed by atoms with Gasteiger partial charge in [-0.3, -0.25) is 9.59 Å². The number of allylic oxidation sites excluding steroid dienone is 3. The van der Waals surface area contributed by atoms with Crippen LogP contribution in [0.15, 0.2) is 75.9 Å². The van der Waals surface area contributed by atoms with E-state index < -0.39 is 70.0 Å². The summed E-state index contributed by atoms with van der Waals surface area (Å²) in [6.45, 7) is 7.05. The van der Waals surface area contributed by atoms with Gasteiger partial charge in [0.1, 0.15) is 29.0 Å². The molecular weight excluding hydrogens is 1060 g/mol. The van der Waals surface area contributed by atoms with Crippen LogP contribution in [0.4, 0.5) is 5.69 Å². The molecule has 422 valence electrons. The van der Waals surface area contributed by atoms with Crippen LogP contribution in [0.2, 0.25) is 0 Å². The first kappa shape index (κ1) is 61.9. The SMILES string of the molecule is COCCOCCOCCOCCOCCOCC[N+](CCCS(=O)(=O)[O-])=c1ccc2c(/C=C/C=C3/N(CCCCCC(=O)ON4C(=O)CCC4=O)c4ccc(S(=O)(=O)[O-])cc4C3(C)CCCS(=O)(=O)[O-])ccoc-2c1. The van der Waals surface area contributed by atoms with E-state index >= 15 is 0 Å². The second-order valence-corrected chi connectivity index (χ2v) is 22.4. The number of hydroxylamine groups is 2. The molecule has 0 radical (unpaired) electrons. The largest absolute Gasteiger partial charge is 0.748 e. The fourth-order valence-electron chi connectivity index (χ4n) is 8.62. The number of anilines is 1. The minimum atomic E-state index is -4.92. The van der Waals surface area contributed by atoms with E-state index in [1.807, 2.05) is 21.6 Å². The van der Waals surface area contributed by atoms with Crippen molar-refractivity contribution in [2.75, 3.05) is 116 Å². The maximum absolute atomic E-state index is 12.5. The van der Waals surface area contributed by atoms with E-state index in [0.29, 0.717) is 136 Å². The van der Waals surface area contributed by atoms with Gasteiger partial charge in [0.05, 0.1) is 104 Å². The van der Waals surface area contributed by atoms with Crippen molar-refractivity contribution in [2.24, 2.45) is 0 Å². The van der Waals surface area contributed by atoms with Crippen LogP contribution in [0.1, 0.15) is 75.8 Å². The third-order valence-corrected chi connectivity index (χ3v) is 14.8. The molecule has 0 aromatic heterocycles. The van der Waals surface area contributed by atoms with E-state index in [-0.39, 0.29) is 58.3 Å². The van der Waals surface area contributed by atoms with Crippen LogP contribution >= 0.6 is 0 Å². The number of amides is 2. The Labute approximate surface area is 443 Å². The highest BCUT2D eigenvalue weighted by Crippen LogP contribution is 2.51. The number of unbranched alkanes of at least 4 members (excludes halogenated alkanes) is 2. The molecule has 1 unspecified atom stereocenters. The van der Waals surface area contributed by atoms with Crippen molar-refractivity contribution in [3.05, 3.63) is 83.1 Å². The standard InChI is InChI=1S/C50H69N3O20S3/c1-50(19-7-35-74(57,58)59)43-38-41(76(63,64)65)13-15-44(43)52(21-5-3-4-11-49(56)73-53-47(54)16-17-48(53)55)46(50)10-6-9-39-18-23-72-45-37-40(12-14-42(39)45)51(20-8-36-75(60,61)62)22-24-67-27-28-69-31-32-71-34-33-70-30-29-68-26-25-66-2/h6,9-10,12-15,18,23,37-38H,3-5,7-8,11,16-17,19-22,24-36H2,1-2H3,(H2-,57,58,59,60,61,62,63,64,65)/p-2. The lowest BCUT2D eigenvalue weighted by atomic mass is 9.77. The van der Waals surface area contributed by atoms with Gasteiger partial charge in [-0.25, -0.2) is 34.6 Å². The molecular formula is C50H67N3O20S3-2. The van der Waals surface area contributed by atoms with Gasteiger partial charge < -0.3 is 56.2 Å². The highest BCUT2D eigenvalue weighted by Gasteiger charge is 2.43. The number of nitrogens with zero attached hydrogens (tertiary/aromatic N) is 3. The van der Waals surface area contributed by atoms with Crippen LogP contribution in [-0.4, -0.2) is 173 Å². The number of carbonyl (C=O) groups excluding carboxylic acids is 3. The Morgan fingerprint density at radius 1 is 0.724 bits per heavy atom. The molecule has 0 N–H and O–H groups in total. The number of carbonyl (C=O) groups is 3. The van der Waals surface area contributed by atoms with E-state index in [2.05, 4.69) is 0 Å². The average Bonchev–Trinajstić information content (AvgIpc) is 3.79. The van der Waals surface area contributed by atoms with Crippen LogP contribution in [0.25, 0.3) is 17.4 Å². The van der Waals surface area contributed by atoms with Crippen molar-refractivity contribution in [1.82, 2.24) is 9.64 Å². The number of hydrogen-bond donors (Lipinski definition) is 0. The Bertz CT molecular complexity index is 2840. The maximum atomic E-state index is 12.5. The fraction of sp³-hybridized carbons (Fsp3) is 0.560. The summed E-state index contributed by atoms with van der Waals surface area (Å²) in [5.74, 6) is -2.70. The molecule has 4 aliphatic rings. The van der Waals surface area contributed by atoms with Gasteiger partial charge in [0.2, 0.25) is 5.36 Å². The fourth-order valence-corrected chi connectivity index (χ4v) is 10.1. The molecule has 1 aromatic rings. The zero-order valence-corrected chi connectivity index (χ0v) is 45.2. The molecule has 0 bridgehead atoms. The van der Waals surface area contributed by atoms with E-state index in [4.69, 9.17) is 37.7 Å². The van der Waals surface area contributed by atoms with Gasteiger partial charge in [-0.2, -0.15) is 0 Å². The summed E-state index contributed by atoms with van der Waals surface area (Å²) in [7, 11) is -12.4. The number of rotatable bonds is 36. The van der Waals surface area contributed by atoms with Crippen LogP contribution < -0.4 is 14.8 Å². The zero-order valence-electron chi connectivity index (χ0n) is 42.8. The van der Waals surface area contributed by atoms with Crippen molar-refractivity contribution < 1.29 is 91.0 Å². The normalized spacial score (nSPS) is 17.2. The monoisotopic (exact) mass is 1130 g/mol. The van der Waals surface area contributed by atoms with Crippen molar-refractivity contribution >= 4 is 59.9 Å². The summed E-state index contributed by atoms with van der Waals surface area (Å²) in [5, 5.41) is 1.16. The van der Waals surface area contributed by atoms with E-state index in [9.17, 15) is 53.3 Å². The Hall–Kier alpha value is -4.97. The number of imide groups is 1. The number of benzene rings is 2. The van der Waals surface area contributed by atoms with Crippen LogP contribution in [-0.2, 0) is 83.4 Å². The predicted molar refractivity (Wildman–Crippen MR) is 271 cm³/mol. The Balaban J connectivity index is 1.30. The minimum Gasteiger partial charge on any atom is -0.748 e. The lowest BCUT2D eigenvalue weighted by Gasteiger charge is -2.31. The molecule has 0 spiro atoms. The molecule has 76 heavy (non-hydrogen) atoms. The zero-order chi connectivity index (χ0) is 55.2. The summed E-state index contributed by atoms with van der Waals surface area (Å²) in [6, 6.07) is 11.1. The van der Waals surface area contributed by atoms with Crippen LogP contribution in [0, 0.1) is 0 Å². The first-order chi connectivity index (χ1) is 36.2. The average molecular weight is 1130 g/mol. The lowest BCUT2D eigenvalue weighted by molar-refractivity contribution is -0.197. The molecule has 2 amide bonds. The molecule has 0 saturated carbocycles. The highest BCUT2D eigenvalue weighted by atomic mass is 32.2. The van der Waals surface area contributed by atoms with Gasteiger partial charge in [-0.15, -0.1) is 5.06 Å². The van der Waals surface area contributed by atoms with Gasteiger partial charge in [0.15, 0.2) is 6.54 Å². The lowest BCUT2D eigenvalue weighted by Crippen LogP contribution is -2.35. The van der Waals surface area contributed by atoms with Crippen molar-refractivity contribution in [3.8, 4) is 11.3 Å². The van der Waals surface area contributed by atoms with E-state index in [1.165, 1.54) is 24.5 Å². The molecule has 1 fully saturated rings. The number of ether oxygens (including phenoxy) is 6. The second-order valence-electron chi connectivity index (χ2n) is 18.0. The van der Waals surface area contributed by atoms with Crippen LogP contribution in [0.3, 0.4) is 0 Å².